The van der Waals surface area contributed by atoms with Crippen LogP contribution in [0.25, 0.3) is 0 Å². The number of rotatable bonds is 8. The molecular weight excluding hydrogens is 371 g/mol. The average molecular weight is 391 g/mol. The van der Waals surface area contributed by atoms with Crippen LogP contribution in [-0.4, -0.2) is 19.1 Å². The van der Waals surface area contributed by atoms with E-state index in [0.29, 0.717) is 29.6 Å². The Labute approximate surface area is 163 Å². The van der Waals surface area contributed by atoms with Gasteiger partial charge in [-0.05, 0) is 49.2 Å². The van der Waals surface area contributed by atoms with Gasteiger partial charge in [-0.2, -0.15) is 5.26 Å². The quantitative estimate of drug-likeness (QED) is 0.616. The van der Waals surface area contributed by atoms with Crippen molar-refractivity contribution in [3.8, 4) is 11.8 Å². The molecule has 0 fully saturated rings. The van der Waals surface area contributed by atoms with Gasteiger partial charge in [-0.15, -0.1) is 0 Å². The van der Waals surface area contributed by atoms with Gasteiger partial charge in [0.05, 0.1) is 29.1 Å². The predicted octanol–water partition coefficient (Wildman–Crippen LogP) is 5.27. The monoisotopic (exact) mass is 390 g/mol. The summed E-state index contributed by atoms with van der Waals surface area (Å²) in [5.74, 6) is 0.676. The Morgan fingerprint density at radius 2 is 1.92 bits per heavy atom. The molecule has 0 heterocycles. The summed E-state index contributed by atoms with van der Waals surface area (Å²) in [6, 6.07) is 14.8. The van der Waals surface area contributed by atoms with Crippen molar-refractivity contribution in [3.63, 3.8) is 0 Å². The Hall–Kier alpha value is -2.22. The molecule has 0 unspecified atom stereocenters. The lowest BCUT2D eigenvalue weighted by molar-refractivity contribution is -0.118. The van der Waals surface area contributed by atoms with E-state index < -0.39 is 0 Å². The molecule has 0 saturated carbocycles. The van der Waals surface area contributed by atoms with E-state index in [2.05, 4.69) is 6.07 Å². The maximum Gasteiger partial charge on any atom is 0.227 e. The van der Waals surface area contributed by atoms with Gasteiger partial charge in [0.25, 0.3) is 0 Å². The number of amides is 1. The number of hydrogen-bond donors (Lipinski definition) is 0. The fourth-order valence-corrected chi connectivity index (χ4v) is 2.98. The van der Waals surface area contributed by atoms with Gasteiger partial charge in [-0.1, -0.05) is 35.3 Å². The van der Waals surface area contributed by atoms with Gasteiger partial charge in [0.1, 0.15) is 5.75 Å². The Bertz CT molecular complexity index is 785. The minimum atomic E-state index is -0.0690. The Morgan fingerprint density at radius 3 is 2.58 bits per heavy atom. The summed E-state index contributed by atoms with van der Waals surface area (Å²) in [7, 11) is 0. The van der Waals surface area contributed by atoms with Crippen LogP contribution in [0.3, 0.4) is 0 Å². The molecule has 1 amide bonds. The highest BCUT2D eigenvalue weighted by molar-refractivity contribution is 6.42. The molecule has 2 rings (SSSR count). The molecule has 0 aromatic heterocycles. The van der Waals surface area contributed by atoms with Gasteiger partial charge in [-0.25, -0.2) is 0 Å². The second-order valence-corrected chi connectivity index (χ2v) is 6.38. The molecule has 0 N–H and O–H groups in total. The number of halogens is 2. The van der Waals surface area contributed by atoms with Crippen molar-refractivity contribution in [1.82, 2.24) is 0 Å². The molecule has 0 aliphatic heterocycles. The highest BCUT2D eigenvalue weighted by Gasteiger charge is 2.16. The smallest absolute Gasteiger partial charge is 0.227 e. The summed E-state index contributed by atoms with van der Waals surface area (Å²) in [4.78, 5) is 14.4. The lowest BCUT2D eigenvalue weighted by Gasteiger charge is -2.22. The summed E-state index contributed by atoms with van der Waals surface area (Å²) in [6.45, 7) is 2.83. The van der Waals surface area contributed by atoms with Gasteiger partial charge in [0.15, 0.2) is 0 Å². The van der Waals surface area contributed by atoms with Gasteiger partial charge >= 0.3 is 0 Å². The van der Waals surface area contributed by atoms with E-state index in [1.54, 1.807) is 11.0 Å². The second-order valence-electron chi connectivity index (χ2n) is 5.59. The summed E-state index contributed by atoms with van der Waals surface area (Å²) in [6.07, 6.45) is 1.02. The van der Waals surface area contributed by atoms with Crippen molar-refractivity contribution in [2.45, 2.75) is 26.2 Å². The van der Waals surface area contributed by atoms with Crippen molar-refractivity contribution in [1.29, 1.82) is 5.26 Å². The molecule has 0 saturated heterocycles. The molecule has 2 aromatic rings. The molecule has 0 spiro atoms. The molecule has 6 heteroatoms. The summed E-state index contributed by atoms with van der Waals surface area (Å²) in [5, 5.41) is 9.85. The van der Waals surface area contributed by atoms with E-state index in [1.807, 2.05) is 43.3 Å². The maximum atomic E-state index is 12.7. The SMILES string of the molecule is CCOc1ccc(N(CCC#N)C(=O)CCc2cccc(Cl)c2Cl)cc1. The van der Waals surface area contributed by atoms with Crippen LogP contribution in [0, 0.1) is 11.3 Å². The van der Waals surface area contributed by atoms with Gasteiger partial charge in [0, 0.05) is 18.7 Å². The molecule has 26 heavy (non-hydrogen) atoms. The zero-order chi connectivity index (χ0) is 18.9. The average Bonchev–Trinajstić information content (AvgIpc) is 2.64. The largest absolute Gasteiger partial charge is 0.494 e. The Kier molecular flexibility index (Phi) is 7.77. The molecule has 4 nitrogen and oxygen atoms in total. The van der Waals surface area contributed by atoms with Crippen LogP contribution >= 0.6 is 23.2 Å². The van der Waals surface area contributed by atoms with E-state index >= 15 is 0 Å². The minimum absolute atomic E-state index is 0.0690. The van der Waals surface area contributed by atoms with Crippen molar-refractivity contribution >= 4 is 34.8 Å². The number of hydrogen-bond acceptors (Lipinski definition) is 3. The number of nitriles is 1. The molecular formula is C20H20Cl2N2O2. The van der Waals surface area contributed by atoms with Crippen molar-refractivity contribution in [2.24, 2.45) is 0 Å². The van der Waals surface area contributed by atoms with Crippen LogP contribution in [0.1, 0.15) is 25.3 Å². The van der Waals surface area contributed by atoms with Gasteiger partial charge in [0.2, 0.25) is 5.91 Å². The molecule has 0 radical (unpaired) electrons. The lowest BCUT2D eigenvalue weighted by Crippen LogP contribution is -2.32. The maximum absolute atomic E-state index is 12.7. The van der Waals surface area contributed by atoms with Crippen LogP contribution in [0.5, 0.6) is 5.75 Å². The molecule has 136 valence electrons. The van der Waals surface area contributed by atoms with Crippen LogP contribution in [0.15, 0.2) is 42.5 Å². The number of aryl methyl sites for hydroxylation is 1. The first-order chi connectivity index (χ1) is 12.6. The summed E-state index contributed by atoms with van der Waals surface area (Å²) in [5.41, 5.74) is 1.57. The molecule has 2 aromatic carbocycles. The van der Waals surface area contributed by atoms with E-state index in [9.17, 15) is 4.79 Å². The van der Waals surface area contributed by atoms with E-state index in [0.717, 1.165) is 17.0 Å². The number of nitrogens with zero attached hydrogens (tertiary/aromatic N) is 2. The fraction of sp³-hybridized carbons (Fsp3) is 0.300. The zero-order valence-corrected chi connectivity index (χ0v) is 16.1. The molecule has 0 bridgehead atoms. The standard InChI is InChI=1S/C20H20Cl2N2O2/c1-2-26-17-10-8-16(9-11-17)24(14-4-13-23)19(25)12-7-15-5-3-6-18(21)20(15)22/h3,5-6,8-11H,2,4,7,12,14H2,1H3. The number of anilines is 1. The van der Waals surface area contributed by atoms with Gasteiger partial charge in [-0.3, -0.25) is 4.79 Å². The lowest BCUT2D eigenvalue weighted by atomic mass is 10.1. The third kappa shape index (κ3) is 5.39. The first-order valence-electron chi connectivity index (χ1n) is 8.40. The number of carbonyl (C=O) groups excluding carboxylic acids is 1. The number of ether oxygens (including phenoxy) is 1. The second kappa shape index (κ2) is 10.1. The zero-order valence-electron chi connectivity index (χ0n) is 14.5. The summed E-state index contributed by atoms with van der Waals surface area (Å²) >= 11 is 12.2. The van der Waals surface area contributed by atoms with Gasteiger partial charge < -0.3 is 9.64 Å². The minimum Gasteiger partial charge on any atom is -0.494 e. The van der Waals surface area contributed by atoms with Crippen LogP contribution in [0.2, 0.25) is 10.0 Å². The fourth-order valence-electron chi connectivity index (χ4n) is 2.57. The van der Waals surface area contributed by atoms with E-state index in [1.165, 1.54) is 0 Å². The predicted molar refractivity (Wildman–Crippen MR) is 105 cm³/mol. The number of benzene rings is 2. The van der Waals surface area contributed by atoms with Crippen molar-refractivity contribution < 1.29 is 9.53 Å². The van der Waals surface area contributed by atoms with Crippen LogP contribution in [-0.2, 0) is 11.2 Å². The van der Waals surface area contributed by atoms with E-state index in [-0.39, 0.29) is 18.7 Å². The Morgan fingerprint density at radius 1 is 1.19 bits per heavy atom. The third-order valence-electron chi connectivity index (χ3n) is 3.85. The first kappa shape index (κ1) is 20.1. The van der Waals surface area contributed by atoms with E-state index in [4.69, 9.17) is 33.2 Å². The highest BCUT2D eigenvalue weighted by atomic mass is 35.5. The van der Waals surface area contributed by atoms with Crippen LogP contribution < -0.4 is 9.64 Å². The van der Waals surface area contributed by atoms with Crippen molar-refractivity contribution in [3.05, 3.63) is 58.1 Å². The summed E-state index contributed by atoms with van der Waals surface area (Å²) < 4.78 is 5.43. The van der Waals surface area contributed by atoms with Crippen molar-refractivity contribution in [2.75, 3.05) is 18.1 Å². The third-order valence-corrected chi connectivity index (χ3v) is 4.71. The first-order valence-corrected chi connectivity index (χ1v) is 9.15. The molecule has 0 atom stereocenters. The molecule has 0 aliphatic rings. The highest BCUT2D eigenvalue weighted by Crippen LogP contribution is 2.27. The number of carbonyl (C=O) groups is 1. The Balaban J connectivity index is 2.11. The normalized spacial score (nSPS) is 10.2. The molecule has 0 aliphatic carbocycles. The topological polar surface area (TPSA) is 53.3 Å². The van der Waals surface area contributed by atoms with Crippen LogP contribution in [0.4, 0.5) is 5.69 Å².